The van der Waals surface area contributed by atoms with E-state index in [1.54, 1.807) is 7.11 Å². The Bertz CT molecular complexity index is 695. The lowest BCUT2D eigenvalue weighted by molar-refractivity contribution is 0.414. The van der Waals surface area contributed by atoms with E-state index in [9.17, 15) is 4.79 Å². The highest BCUT2D eigenvalue weighted by molar-refractivity contribution is 5.85. The van der Waals surface area contributed by atoms with E-state index in [0.717, 1.165) is 34.9 Å². The average molecular weight is 286 g/mol. The Morgan fingerprint density at radius 3 is 2.81 bits per heavy atom. The number of aryl methyl sites for hydroxylation is 1. The summed E-state index contributed by atoms with van der Waals surface area (Å²) in [5, 5.41) is 1.84. The van der Waals surface area contributed by atoms with Crippen LogP contribution in [0.25, 0.3) is 10.8 Å². The minimum Gasteiger partial charge on any atom is -0.497 e. The van der Waals surface area contributed by atoms with Crippen LogP contribution < -0.4 is 10.4 Å². The predicted octanol–water partition coefficient (Wildman–Crippen LogP) is 4.34. The van der Waals surface area contributed by atoms with Gasteiger partial charge in [-0.05, 0) is 48.3 Å². The monoisotopic (exact) mass is 286 g/mol. The molecule has 0 atom stereocenters. The minimum absolute atomic E-state index is 0.0858. The van der Waals surface area contributed by atoms with Crippen molar-refractivity contribution < 1.29 is 9.15 Å². The second kappa shape index (κ2) is 6.17. The van der Waals surface area contributed by atoms with Gasteiger partial charge in [-0.25, -0.2) is 4.79 Å². The van der Waals surface area contributed by atoms with Crippen molar-refractivity contribution in [2.75, 3.05) is 7.11 Å². The molecule has 0 bridgehead atoms. The van der Waals surface area contributed by atoms with Gasteiger partial charge >= 0.3 is 5.63 Å². The molecule has 0 N–H and O–H groups in total. The van der Waals surface area contributed by atoms with Crippen molar-refractivity contribution in [3.05, 3.63) is 53.1 Å². The first kappa shape index (κ1) is 15.4. The quantitative estimate of drug-likeness (QED) is 0.742. The van der Waals surface area contributed by atoms with Crippen LogP contribution in [0.3, 0.4) is 0 Å². The molecule has 1 heterocycles. The molecule has 0 spiro atoms. The molecule has 0 aliphatic heterocycles. The molecule has 0 fully saturated rings. The summed E-state index contributed by atoms with van der Waals surface area (Å²) in [6.07, 6.45) is 6.07. The standard InChI is InChI=1S/C18H22O3/c1-5-18(2,3)10-6-7-15-16-11-14(20-4)9-8-13(16)12-21-17(15)19/h5,8-9,11-12H,1,6-7,10H2,2-4H3. The Kier molecular flexibility index (Phi) is 4.51. The van der Waals surface area contributed by atoms with Crippen LogP contribution in [-0.2, 0) is 6.42 Å². The van der Waals surface area contributed by atoms with E-state index in [-0.39, 0.29) is 11.0 Å². The highest BCUT2D eigenvalue weighted by Crippen LogP contribution is 2.26. The number of methoxy groups -OCH3 is 1. The van der Waals surface area contributed by atoms with Gasteiger partial charge in [-0.15, -0.1) is 6.58 Å². The summed E-state index contributed by atoms with van der Waals surface area (Å²) in [7, 11) is 1.62. The van der Waals surface area contributed by atoms with E-state index in [1.165, 1.54) is 6.26 Å². The van der Waals surface area contributed by atoms with Gasteiger partial charge in [0.05, 0.1) is 7.11 Å². The van der Waals surface area contributed by atoms with Crippen molar-refractivity contribution in [2.45, 2.75) is 33.1 Å². The SMILES string of the molecule is C=CC(C)(C)CCCc1c(=O)occ2ccc(OC)cc12. The molecule has 2 rings (SSSR count). The maximum Gasteiger partial charge on any atom is 0.339 e. The third kappa shape index (κ3) is 3.54. The van der Waals surface area contributed by atoms with Crippen molar-refractivity contribution >= 4 is 10.8 Å². The molecule has 2 aromatic rings. The van der Waals surface area contributed by atoms with Gasteiger partial charge < -0.3 is 9.15 Å². The first-order valence-electron chi connectivity index (χ1n) is 7.19. The number of fused-ring (bicyclic) bond motifs is 1. The van der Waals surface area contributed by atoms with Gasteiger partial charge in [0.15, 0.2) is 0 Å². The molecule has 0 saturated heterocycles. The molecule has 0 unspecified atom stereocenters. The van der Waals surface area contributed by atoms with Crippen molar-refractivity contribution in [1.29, 1.82) is 0 Å². The maximum absolute atomic E-state index is 12.0. The zero-order chi connectivity index (χ0) is 15.5. The number of allylic oxidation sites excluding steroid dienone is 1. The van der Waals surface area contributed by atoms with Crippen molar-refractivity contribution in [1.82, 2.24) is 0 Å². The zero-order valence-corrected chi connectivity index (χ0v) is 12.9. The van der Waals surface area contributed by atoms with Crippen molar-refractivity contribution in [3.8, 4) is 5.75 Å². The third-order valence-electron chi connectivity index (χ3n) is 3.93. The number of ether oxygens (including phenoxy) is 1. The van der Waals surface area contributed by atoms with Gasteiger partial charge in [0.1, 0.15) is 12.0 Å². The van der Waals surface area contributed by atoms with Crippen LogP contribution in [0.4, 0.5) is 0 Å². The summed E-state index contributed by atoms with van der Waals surface area (Å²) in [6, 6.07) is 5.68. The Morgan fingerprint density at radius 1 is 1.38 bits per heavy atom. The molecule has 112 valence electrons. The third-order valence-corrected chi connectivity index (χ3v) is 3.93. The van der Waals surface area contributed by atoms with Crippen LogP contribution >= 0.6 is 0 Å². The van der Waals surface area contributed by atoms with E-state index in [1.807, 2.05) is 24.3 Å². The molecule has 0 amide bonds. The van der Waals surface area contributed by atoms with Crippen LogP contribution in [0.15, 0.2) is 46.3 Å². The molecule has 0 radical (unpaired) electrons. The second-order valence-electron chi connectivity index (χ2n) is 6.00. The molecular formula is C18H22O3. The van der Waals surface area contributed by atoms with Crippen LogP contribution in [-0.4, -0.2) is 7.11 Å². The van der Waals surface area contributed by atoms with Gasteiger partial charge in [0.2, 0.25) is 0 Å². The van der Waals surface area contributed by atoms with Gasteiger partial charge in [0, 0.05) is 10.9 Å². The zero-order valence-electron chi connectivity index (χ0n) is 12.9. The van der Waals surface area contributed by atoms with Crippen LogP contribution in [0.5, 0.6) is 5.75 Å². The highest BCUT2D eigenvalue weighted by atomic mass is 16.5. The lowest BCUT2D eigenvalue weighted by Gasteiger charge is -2.19. The fourth-order valence-electron chi connectivity index (χ4n) is 2.38. The molecule has 3 heteroatoms. The lowest BCUT2D eigenvalue weighted by atomic mass is 9.86. The van der Waals surface area contributed by atoms with Gasteiger partial charge in [-0.3, -0.25) is 0 Å². The molecule has 1 aromatic heterocycles. The largest absolute Gasteiger partial charge is 0.497 e. The number of hydrogen-bond donors (Lipinski definition) is 0. The van der Waals surface area contributed by atoms with Gasteiger partial charge in [0.25, 0.3) is 0 Å². The van der Waals surface area contributed by atoms with Crippen LogP contribution in [0, 0.1) is 5.41 Å². The molecule has 3 nitrogen and oxygen atoms in total. The maximum atomic E-state index is 12.0. The predicted molar refractivity (Wildman–Crippen MR) is 86.0 cm³/mol. The highest BCUT2D eigenvalue weighted by Gasteiger charge is 2.14. The number of rotatable bonds is 6. The Labute approximate surface area is 125 Å². The van der Waals surface area contributed by atoms with E-state index in [4.69, 9.17) is 9.15 Å². The number of benzene rings is 1. The van der Waals surface area contributed by atoms with E-state index in [0.29, 0.717) is 6.42 Å². The molecule has 0 aliphatic rings. The Morgan fingerprint density at radius 2 is 2.14 bits per heavy atom. The summed E-state index contributed by atoms with van der Waals surface area (Å²) < 4.78 is 10.4. The molecule has 0 aliphatic carbocycles. The average Bonchev–Trinajstić information content (AvgIpc) is 2.49. The fraction of sp³-hybridized carbons (Fsp3) is 0.389. The minimum atomic E-state index is -0.257. The molecule has 0 saturated carbocycles. The summed E-state index contributed by atoms with van der Waals surface area (Å²) in [4.78, 5) is 12.0. The topological polar surface area (TPSA) is 39.4 Å². The Balaban J connectivity index is 2.31. The summed E-state index contributed by atoms with van der Waals surface area (Å²) in [5.41, 5.74) is 0.557. The first-order valence-corrected chi connectivity index (χ1v) is 7.19. The first-order chi connectivity index (χ1) is 9.96. The molecule has 21 heavy (non-hydrogen) atoms. The molecular weight excluding hydrogens is 264 g/mol. The summed E-state index contributed by atoms with van der Waals surface area (Å²) in [6.45, 7) is 8.15. The smallest absolute Gasteiger partial charge is 0.339 e. The van der Waals surface area contributed by atoms with Crippen LogP contribution in [0.1, 0.15) is 32.3 Å². The fourth-order valence-corrected chi connectivity index (χ4v) is 2.38. The van der Waals surface area contributed by atoms with Gasteiger partial charge in [-0.2, -0.15) is 0 Å². The van der Waals surface area contributed by atoms with E-state index >= 15 is 0 Å². The molecule has 1 aromatic carbocycles. The lowest BCUT2D eigenvalue weighted by Crippen LogP contribution is -2.11. The van der Waals surface area contributed by atoms with Gasteiger partial charge in [-0.1, -0.05) is 19.9 Å². The van der Waals surface area contributed by atoms with Crippen LogP contribution in [0.2, 0.25) is 0 Å². The van der Waals surface area contributed by atoms with Crippen molar-refractivity contribution in [2.24, 2.45) is 5.41 Å². The second-order valence-corrected chi connectivity index (χ2v) is 6.00. The normalized spacial score (nSPS) is 11.6. The van der Waals surface area contributed by atoms with Crippen molar-refractivity contribution in [3.63, 3.8) is 0 Å². The Hall–Kier alpha value is -2.03. The summed E-state index contributed by atoms with van der Waals surface area (Å²) in [5.74, 6) is 0.751. The number of hydrogen-bond acceptors (Lipinski definition) is 3. The van der Waals surface area contributed by atoms with E-state index in [2.05, 4.69) is 20.4 Å². The van der Waals surface area contributed by atoms with E-state index < -0.39 is 0 Å². The summed E-state index contributed by atoms with van der Waals surface area (Å²) >= 11 is 0.